The molecule has 6 nitrogen and oxygen atoms in total. The normalized spacial score (nSPS) is 10.7. The molecule has 0 saturated carbocycles. The van der Waals surface area contributed by atoms with Crippen LogP contribution in [0.2, 0.25) is 0 Å². The summed E-state index contributed by atoms with van der Waals surface area (Å²) in [5.74, 6) is 1.15. The Morgan fingerprint density at radius 2 is 1.92 bits per heavy atom. The number of carbonyl (C=O) groups excluding carboxylic acids is 1. The van der Waals surface area contributed by atoms with E-state index < -0.39 is 0 Å². The second-order valence-electron chi connectivity index (χ2n) is 6.09. The summed E-state index contributed by atoms with van der Waals surface area (Å²) in [6.45, 7) is 3.93. The molecule has 130 valence electrons. The first-order valence-electron chi connectivity index (χ1n) is 8.20. The van der Waals surface area contributed by atoms with Gasteiger partial charge in [-0.1, -0.05) is 30.3 Å². The lowest BCUT2D eigenvalue weighted by Gasteiger charge is -2.15. The molecular formula is C18H27N5O. The second-order valence-corrected chi connectivity index (χ2v) is 6.09. The molecule has 0 atom stereocenters. The minimum absolute atomic E-state index is 0.0575. The second kappa shape index (κ2) is 8.49. The molecule has 0 aliphatic carbocycles. The van der Waals surface area contributed by atoms with Gasteiger partial charge >= 0.3 is 0 Å². The molecule has 0 fully saturated rings. The molecule has 0 saturated heterocycles. The first-order chi connectivity index (χ1) is 11.5. The van der Waals surface area contributed by atoms with Gasteiger partial charge in [0.15, 0.2) is 0 Å². The van der Waals surface area contributed by atoms with Crippen molar-refractivity contribution >= 4 is 11.7 Å². The lowest BCUT2D eigenvalue weighted by molar-refractivity contribution is -0.121. The lowest BCUT2D eigenvalue weighted by Crippen LogP contribution is -2.27. The van der Waals surface area contributed by atoms with Gasteiger partial charge in [0.1, 0.15) is 5.82 Å². The first kappa shape index (κ1) is 18.0. The average molecular weight is 329 g/mol. The zero-order valence-corrected chi connectivity index (χ0v) is 15.0. The molecule has 2 aromatic rings. The number of nitrogens with zero attached hydrogens (tertiary/aromatic N) is 3. The van der Waals surface area contributed by atoms with Crippen LogP contribution in [-0.4, -0.2) is 36.3 Å². The molecule has 24 heavy (non-hydrogen) atoms. The van der Waals surface area contributed by atoms with Crippen LogP contribution in [0.4, 0.5) is 5.82 Å². The smallest absolute Gasteiger partial charge is 0.221 e. The van der Waals surface area contributed by atoms with Crippen LogP contribution in [-0.2, 0) is 24.9 Å². The highest BCUT2D eigenvalue weighted by Gasteiger charge is 2.14. The largest absolute Gasteiger partial charge is 0.363 e. The number of anilines is 1. The summed E-state index contributed by atoms with van der Waals surface area (Å²) in [5, 5.41) is 10.7. The number of rotatable bonds is 8. The van der Waals surface area contributed by atoms with Crippen molar-refractivity contribution in [3.8, 4) is 0 Å². The quantitative estimate of drug-likeness (QED) is 0.722. The summed E-state index contributed by atoms with van der Waals surface area (Å²) in [6, 6.07) is 9.93. The molecule has 1 aromatic carbocycles. The molecule has 0 aliphatic rings. The van der Waals surface area contributed by atoms with Crippen LogP contribution < -0.4 is 15.5 Å². The molecule has 2 rings (SSSR count). The number of carbonyl (C=O) groups is 1. The summed E-state index contributed by atoms with van der Waals surface area (Å²) >= 11 is 0. The molecule has 0 aliphatic heterocycles. The Hall–Kier alpha value is -2.34. The summed E-state index contributed by atoms with van der Waals surface area (Å²) in [7, 11) is 5.97. The summed E-state index contributed by atoms with van der Waals surface area (Å²) in [4.78, 5) is 14.0. The third kappa shape index (κ3) is 4.83. The van der Waals surface area contributed by atoms with E-state index in [1.165, 1.54) is 5.56 Å². The van der Waals surface area contributed by atoms with Gasteiger partial charge in [-0.25, -0.2) is 0 Å². The summed E-state index contributed by atoms with van der Waals surface area (Å²) in [5.41, 5.74) is 3.30. The first-order valence-corrected chi connectivity index (χ1v) is 8.20. The maximum Gasteiger partial charge on any atom is 0.221 e. The SMILES string of the molecule is Cc1nn(C)c(N(C)C)c1CNCCC(=O)NCc1ccccc1. The van der Waals surface area contributed by atoms with E-state index in [2.05, 4.69) is 20.6 Å². The minimum atomic E-state index is 0.0575. The van der Waals surface area contributed by atoms with Gasteiger partial charge in [-0.2, -0.15) is 5.10 Å². The lowest BCUT2D eigenvalue weighted by atomic mass is 10.2. The number of amides is 1. The number of benzene rings is 1. The van der Waals surface area contributed by atoms with Crippen LogP contribution >= 0.6 is 0 Å². The van der Waals surface area contributed by atoms with Crippen molar-refractivity contribution in [3.05, 3.63) is 47.2 Å². The summed E-state index contributed by atoms with van der Waals surface area (Å²) < 4.78 is 1.89. The third-order valence-corrected chi connectivity index (χ3v) is 3.90. The molecule has 2 N–H and O–H groups in total. The van der Waals surface area contributed by atoms with Gasteiger partial charge in [-0.15, -0.1) is 0 Å². The molecular weight excluding hydrogens is 302 g/mol. The van der Waals surface area contributed by atoms with Crippen molar-refractivity contribution < 1.29 is 4.79 Å². The van der Waals surface area contributed by atoms with Crippen LogP contribution in [0.1, 0.15) is 23.2 Å². The predicted molar refractivity (Wildman–Crippen MR) is 96.9 cm³/mol. The van der Waals surface area contributed by atoms with Crippen molar-refractivity contribution in [1.82, 2.24) is 20.4 Å². The van der Waals surface area contributed by atoms with E-state index in [1.807, 2.05) is 63.1 Å². The maximum atomic E-state index is 11.9. The van der Waals surface area contributed by atoms with E-state index in [0.717, 1.165) is 17.1 Å². The van der Waals surface area contributed by atoms with Gasteiger partial charge in [-0.05, 0) is 12.5 Å². The van der Waals surface area contributed by atoms with E-state index in [9.17, 15) is 4.79 Å². The van der Waals surface area contributed by atoms with Gasteiger partial charge in [-0.3, -0.25) is 9.48 Å². The molecule has 1 heterocycles. The van der Waals surface area contributed by atoms with Gasteiger partial charge in [0, 0.05) is 52.8 Å². The fourth-order valence-electron chi connectivity index (χ4n) is 2.76. The molecule has 6 heteroatoms. The van der Waals surface area contributed by atoms with Crippen molar-refractivity contribution in [3.63, 3.8) is 0 Å². The number of aromatic nitrogens is 2. The van der Waals surface area contributed by atoms with Crippen molar-refractivity contribution in [2.75, 3.05) is 25.5 Å². The Bertz CT molecular complexity index is 664. The average Bonchev–Trinajstić information content (AvgIpc) is 2.84. The van der Waals surface area contributed by atoms with Crippen molar-refractivity contribution in [2.24, 2.45) is 7.05 Å². The van der Waals surface area contributed by atoms with Gasteiger partial charge < -0.3 is 15.5 Å². The van der Waals surface area contributed by atoms with E-state index in [-0.39, 0.29) is 5.91 Å². The summed E-state index contributed by atoms with van der Waals surface area (Å²) in [6.07, 6.45) is 0.462. The zero-order valence-electron chi connectivity index (χ0n) is 15.0. The molecule has 0 bridgehead atoms. The van der Waals surface area contributed by atoms with Gasteiger partial charge in [0.05, 0.1) is 5.69 Å². The molecule has 0 spiro atoms. The van der Waals surface area contributed by atoms with Gasteiger partial charge in [0.2, 0.25) is 5.91 Å². The Balaban J connectivity index is 1.74. The topological polar surface area (TPSA) is 62.2 Å². The fourth-order valence-corrected chi connectivity index (χ4v) is 2.76. The van der Waals surface area contributed by atoms with Crippen molar-refractivity contribution in [1.29, 1.82) is 0 Å². The fraction of sp³-hybridized carbons (Fsp3) is 0.444. The number of nitrogens with one attached hydrogen (secondary N) is 2. The van der Waals surface area contributed by atoms with Crippen LogP contribution in [0, 0.1) is 6.92 Å². The minimum Gasteiger partial charge on any atom is -0.363 e. The van der Waals surface area contributed by atoms with Crippen LogP contribution in [0.5, 0.6) is 0 Å². The van der Waals surface area contributed by atoms with E-state index in [1.54, 1.807) is 0 Å². The van der Waals surface area contributed by atoms with Crippen LogP contribution in [0.3, 0.4) is 0 Å². The number of hydrogen-bond donors (Lipinski definition) is 2. The third-order valence-electron chi connectivity index (χ3n) is 3.90. The van der Waals surface area contributed by atoms with E-state index in [0.29, 0.717) is 26.1 Å². The zero-order chi connectivity index (χ0) is 17.5. The van der Waals surface area contributed by atoms with Gasteiger partial charge in [0.25, 0.3) is 0 Å². The van der Waals surface area contributed by atoms with E-state index in [4.69, 9.17) is 0 Å². The molecule has 1 amide bonds. The maximum absolute atomic E-state index is 11.9. The predicted octanol–water partition coefficient (Wildman–Crippen LogP) is 1.59. The highest BCUT2D eigenvalue weighted by Crippen LogP contribution is 2.20. The van der Waals surface area contributed by atoms with Crippen LogP contribution in [0.25, 0.3) is 0 Å². The van der Waals surface area contributed by atoms with E-state index >= 15 is 0 Å². The molecule has 0 radical (unpaired) electrons. The number of hydrogen-bond acceptors (Lipinski definition) is 4. The standard InChI is InChI=1S/C18H27N5O/c1-14-16(18(22(2)3)23(4)21-14)13-19-11-10-17(24)20-12-15-8-6-5-7-9-15/h5-9,19H,10-13H2,1-4H3,(H,20,24). The molecule has 1 aromatic heterocycles. The van der Waals surface area contributed by atoms with Crippen molar-refractivity contribution in [2.45, 2.75) is 26.4 Å². The Morgan fingerprint density at radius 3 is 2.58 bits per heavy atom. The Labute approximate surface area is 143 Å². The Morgan fingerprint density at radius 1 is 1.21 bits per heavy atom. The highest BCUT2D eigenvalue weighted by molar-refractivity contribution is 5.76. The Kier molecular flexibility index (Phi) is 6.37. The molecule has 0 unspecified atom stereocenters. The highest BCUT2D eigenvalue weighted by atomic mass is 16.1. The van der Waals surface area contributed by atoms with Crippen LogP contribution in [0.15, 0.2) is 30.3 Å². The number of aryl methyl sites for hydroxylation is 2. The monoisotopic (exact) mass is 329 g/mol.